The molecular weight excluding hydrogens is 182 g/mol. The zero-order valence-corrected chi connectivity index (χ0v) is 8.86. The second-order valence-electron chi connectivity index (χ2n) is 4.23. The number of rotatable bonds is 3. The van der Waals surface area contributed by atoms with Gasteiger partial charge in [-0.3, -0.25) is 9.69 Å². The maximum Gasteiger partial charge on any atom is 0.236 e. The highest BCUT2D eigenvalue weighted by atomic mass is 16.3. The van der Waals surface area contributed by atoms with Gasteiger partial charge in [-0.1, -0.05) is 0 Å². The van der Waals surface area contributed by atoms with Gasteiger partial charge in [0.1, 0.15) is 0 Å². The van der Waals surface area contributed by atoms with Crippen LogP contribution in [0.2, 0.25) is 0 Å². The predicted molar refractivity (Wildman–Crippen MR) is 53.8 cm³/mol. The second kappa shape index (κ2) is 4.25. The summed E-state index contributed by atoms with van der Waals surface area (Å²) in [6.45, 7) is 4.27. The van der Waals surface area contributed by atoms with Crippen molar-refractivity contribution in [1.82, 2.24) is 9.80 Å². The molecule has 1 amide bonds. The number of hydrogen-bond acceptors (Lipinski definition) is 4. The number of β-amino-alcohol motifs (C(OH)–C–C–N with tert-alkyl or cyclic N) is 1. The first kappa shape index (κ1) is 11.4. The monoisotopic (exact) mass is 201 g/mol. The van der Waals surface area contributed by atoms with E-state index in [-0.39, 0.29) is 12.5 Å². The molecule has 82 valence electrons. The van der Waals surface area contributed by atoms with Crippen molar-refractivity contribution in [2.24, 2.45) is 5.73 Å². The van der Waals surface area contributed by atoms with Crippen molar-refractivity contribution >= 4 is 5.91 Å². The highest BCUT2D eigenvalue weighted by Crippen LogP contribution is 2.07. The molecular formula is C9H19N3O2. The lowest BCUT2D eigenvalue weighted by atomic mass is 10.1. The number of carbonyl (C=O) groups is 1. The Labute approximate surface area is 84.5 Å². The Morgan fingerprint density at radius 1 is 1.57 bits per heavy atom. The van der Waals surface area contributed by atoms with Crippen LogP contribution in [-0.2, 0) is 4.79 Å². The summed E-state index contributed by atoms with van der Waals surface area (Å²) in [6, 6.07) is 0. The van der Waals surface area contributed by atoms with Gasteiger partial charge in [0, 0.05) is 33.2 Å². The van der Waals surface area contributed by atoms with Crippen LogP contribution in [0.4, 0.5) is 0 Å². The van der Waals surface area contributed by atoms with Gasteiger partial charge in [0.25, 0.3) is 0 Å². The first-order valence-electron chi connectivity index (χ1n) is 4.83. The average molecular weight is 201 g/mol. The van der Waals surface area contributed by atoms with Crippen LogP contribution in [0.15, 0.2) is 0 Å². The lowest BCUT2D eigenvalue weighted by Crippen LogP contribution is -2.54. The topological polar surface area (TPSA) is 69.8 Å². The summed E-state index contributed by atoms with van der Waals surface area (Å²) in [7, 11) is 1.79. The number of amides is 1. The molecule has 0 aromatic heterocycles. The average Bonchev–Trinajstić information content (AvgIpc) is 2.11. The molecule has 0 aromatic carbocycles. The van der Waals surface area contributed by atoms with E-state index in [1.807, 2.05) is 4.90 Å². The van der Waals surface area contributed by atoms with Crippen molar-refractivity contribution in [2.45, 2.75) is 12.5 Å². The van der Waals surface area contributed by atoms with Gasteiger partial charge in [-0.05, 0) is 6.92 Å². The molecule has 0 radical (unpaired) electrons. The van der Waals surface area contributed by atoms with Crippen LogP contribution in [0, 0.1) is 0 Å². The highest BCUT2D eigenvalue weighted by molar-refractivity contribution is 5.78. The lowest BCUT2D eigenvalue weighted by molar-refractivity contribution is -0.135. The Morgan fingerprint density at radius 2 is 2.21 bits per heavy atom. The summed E-state index contributed by atoms with van der Waals surface area (Å²) >= 11 is 0. The van der Waals surface area contributed by atoms with Crippen molar-refractivity contribution in [3.05, 3.63) is 0 Å². The van der Waals surface area contributed by atoms with Gasteiger partial charge in [0.05, 0.1) is 12.1 Å². The van der Waals surface area contributed by atoms with E-state index in [0.29, 0.717) is 13.1 Å². The van der Waals surface area contributed by atoms with Crippen molar-refractivity contribution in [1.29, 1.82) is 0 Å². The van der Waals surface area contributed by atoms with Gasteiger partial charge in [0.15, 0.2) is 0 Å². The Morgan fingerprint density at radius 3 is 2.71 bits per heavy atom. The number of hydrogen-bond donors (Lipinski definition) is 2. The maximum absolute atomic E-state index is 11.4. The Hall–Kier alpha value is -0.650. The summed E-state index contributed by atoms with van der Waals surface area (Å²) in [5.41, 5.74) is 4.52. The summed E-state index contributed by atoms with van der Waals surface area (Å²) in [5, 5.41) is 9.74. The molecule has 5 heteroatoms. The minimum absolute atomic E-state index is 0.101. The molecule has 0 spiro atoms. The van der Waals surface area contributed by atoms with Crippen LogP contribution >= 0.6 is 0 Å². The lowest BCUT2D eigenvalue weighted by Gasteiger charge is -2.35. The van der Waals surface area contributed by atoms with Crippen LogP contribution in [0.5, 0.6) is 0 Å². The molecule has 0 saturated carbocycles. The fourth-order valence-corrected chi connectivity index (χ4v) is 1.49. The molecule has 5 nitrogen and oxygen atoms in total. The fourth-order valence-electron chi connectivity index (χ4n) is 1.49. The normalized spacial score (nSPS) is 23.7. The molecule has 3 N–H and O–H groups in total. The van der Waals surface area contributed by atoms with Gasteiger partial charge in [0.2, 0.25) is 5.91 Å². The molecule has 0 aliphatic carbocycles. The zero-order chi connectivity index (χ0) is 10.8. The predicted octanol–water partition coefficient (Wildman–Crippen LogP) is -1.53. The molecule has 0 aromatic rings. The van der Waals surface area contributed by atoms with E-state index in [1.54, 1.807) is 18.9 Å². The zero-order valence-electron chi connectivity index (χ0n) is 8.86. The molecule has 1 aliphatic heterocycles. The third kappa shape index (κ3) is 2.94. The molecule has 1 saturated heterocycles. The minimum atomic E-state index is -0.893. The Bertz CT molecular complexity index is 218. The van der Waals surface area contributed by atoms with Gasteiger partial charge in [-0.15, -0.1) is 0 Å². The van der Waals surface area contributed by atoms with E-state index < -0.39 is 5.60 Å². The fraction of sp³-hybridized carbons (Fsp3) is 0.889. The van der Waals surface area contributed by atoms with Crippen LogP contribution in [0.3, 0.4) is 0 Å². The number of nitrogens with zero attached hydrogens (tertiary/aromatic N) is 2. The van der Waals surface area contributed by atoms with Crippen molar-refractivity contribution in [2.75, 3.05) is 39.8 Å². The van der Waals surface area contributed by atoms with Gasteiger partial charge >= 0.3 is 0 Å². The van der Waals surface area contributed by atoms with Gasteiger partial charge in [-0.2, -0.15) is 0 Å². The summed E-state index contributed by atoms with van der Waals surface area (Å²) in [5.74, 6) is 0.101. The molecule has 1 rings (SSSR count). The first-order chi connectivity index (χ1) is 6.44. The van der Waals surface area contributed by atoms with E-state index in [2.05, 4.69) is 0 Å². The molecule has 1 fully saturated rings. The van der Waals surface area contributed by atoms with Gasteiger partial charge in [-0.25, -0.2) is 0 Å². The third-order valence-electron chi connectivity index (χ3n) is 2.54. The van der Waals surface area contributed by atoms with Crippen LogP contribution in [-0.4, -0.2) is 66.2 Å². The summed E-state index contributed by atoms with van der Waals surface area (Å²) in [4.78, 5) is 15.0. The smallest absolute Gasteiger partial charge is 0.236 e. The number of carbonyl (C=O) groups excluding carboxylic acids is 1. The molecule has 1 aliphatic rings. The Balaban J connectivity index is 2.44. The molecule has 1 heterocycles. The molecule has 1 unspecified atom stereocenters. The van der Waals surface area contributed by atoms with E-state index in [0.717, 1.165) is 13.1 Å². The first-order valence-corrected chi connectivity index (χ1v) is 4.83. The second-order valence-corrected chi connectivity index (χ2v) is 4.23. The Kier molecular flexibility index (Phi) is 3.47. The molecule has 1 atom stereocenters. The van der Waals surface area contributed by atoms with Crippen LogP contribution in [0.1, 0.15) is 6.92 Å². The largest absolute Gasteiger partial charge is 0.388 e. The van der Waals surface area contributed by atoms with Gasteiger partial charge < -0.3 is 15.7 Å². The SMILES string of the molecule is CN1CCN(CC(C)(O)CN)CC1=O. The highest BCUT2D eigenvalue weighted by Gasteiger charge is 2.27. The number of likely N-dealkylation sites (N-methyl/N-ethyl adjacent to an activating group) is 1. The summed E-state index contributed by atoms with van der Waals surface area (Å²) in [6.07, 6.45) is 0. The van der Waals surface area contributed by atoms with E-state index in [4.69, 9.17) is 5.73 Å². The standard InChI is InChI=1S/C9H19N3O2/c1-9(14,6-10)7-12-4-3-11(2)8(13)5-12/h14H,3-7,10H2,1-2H3. The number of nitrogens with two attached hydrogens (primary N) is 1. The molecule has 0 bridgehead atoms. The van der Waals surface area contributed by atoms with E-state index in [1.165, 1.54) is 0 Å². The van der Waals surface area contributed by atoms with E-state index in [9.17, 15) is 9.90 Å². The molecule has 14 heavy (non-hydrogen) atoms. The van der Waals surface area contributed by atoms with Crippen molar-refractivity contribution in [3.8, 4) is 0 Å². The minimum Gasteiger partial charge on any atom is -0.388 e. The van der Waals surface area contributed by atoms with Crippen LogP contribution < -0.4 is 5.73 Å². The van der Waals surface area contributed by atoms with Crippen molar-refractivity contribution in [3.63, 3.8) is 0 Å². The summed E-state index contributed by atoms with van der Waals surface area (Å²) < 4.78 is 0. The van der Waals surface area contributed by atoms with Crippen molar-refractivity contribution < 1.29 is 9.90 Å². The quantitative estimate of drug-likeness (QED) is 0.581. The maximum atomic E-state index is 11.4. The number of piperazine rings is 1. The number of aliphatic hydroxyl groups is 1. The third-order valence-corrected chi connectivity index (χ3v) is 2.54. The van der Waals surface area contributed by atoms with Crippen LogP contribution in [0.25, 0.3) is 0 Å². The van der Waals surface area contributed by atoms with E-state index >= 15 is 0 Å².